The normalized spacial score (nSPS) is 14.0. The van der Waals surface area contributed by atoms with Gasteiger partial charge in [-0.05, 0) is 43.2 Å². The van der Waals surface area contributed by atoms with Crippen LogP contribution in [0, 0.1) is 0 Å². The Labute approximate surface area is 136 Å². The van der Waals surface area contributed by atoms with Crippen molar-refractivity contribution in [3.63, 3.8) is 0 Å². The van der Waals surface area contributed by atoms with E-state index in [1.807, 2.05) is 12.1 Å². The Balaban J connectivity index is 1.60. The topological polar surface area (TPSA) is 29.8 Å². The van der Waals surface area contributed by atoms with Crippen molar-refractivity contribution in [1.82, 2.24) is 9.38 Å². The number of nitrogens with zero attached hydrogens (tertiary/aromatic N) is 3. The van der Waals surface area contributed by atoms with Crippen molar-refractivity contribution in [1.29, 1.82) is 0 Å². The Bertz CT molecular complexity index is 803. The molecule has 0 amide bonds. The minimum Gasteiger partial charge on any atom is -0.494 e. The molecular formula is C19H21N3O. The average molecular weight is 307 g/mol. The van der Waals surface area contributed by atoms with Gasteiger partial charge in [0.2, 0.25) is 0 Å². The molecule has 1 fully saturated rings. The lowest BCUT2D eigenvalue weighted by molar-refractivity contribution is 0.317. The summed E-state index contributed by atoms with van der Waals surface area (Å²) >= 11 is 0. The summed E-state index contributed by atoms with van der Waals surface area (Å²) in [5, 5.41) is 0. The molecule has 1 aliphatic rings. The molecule has 1 aromatic carbocycles. The van der Waals surface area contributed by atoms with Gasteiger partial charge in [0.25, 0.3) is 0 Å². The van der Waals surface area contributed by atoms with E-state index in [0.717, 1.165) is 48.8 Å². The first-order valence-corrected chi connectivity index (χ1v) is 8.30. The van der Waals surface area contributed by atoms with Crippen molar-refractivity contribution in [2.24, 2.45) is 0 Å². The standard InChI is InChI=1S/C19H21N3O/c1-2-12-23-17-6-4-15(5-7-17)18-14-22-11-8-16(13-19(22)20-18)21-9-3-10-21/h4-8,11,13-14H,2-3,9-10,12H2,1H3. The number of hydrogen-bond donors (Lipinski definition) is 0. The fraction of sp³-hybridized carbons (Fsp3) is 0.316. The van der Waals surface area contributed by atoms with E-state index in [9.17, 15) is 0 Å². The van der Waals surface area contributed by atoms with Gasteiger partial charge in [0, 0.05) is 42.8 Å². The molecule has 1 saturated heterocycles. The fourth-order valence-corrected chi connectivity index (χ4v) is 2.82. The second kappa shape index (κ2) is 5.95. The molecule has 3 heterocycles. The number of aromatic nitrogens is 2. The lowest BCUT2D eigenvalue weighted by Gasteiger charge is -2.33. The molecule has 0 saturated carbocycles. The van der Waals surface area contributed by atoms with Crippen molar-refractivity contribution in [3.05, 3.63) is 48.8 Å². The van der Waals surface area contributed by atoms with Crippen LogP contribution in [0.3, 0.4) is 0 Å². The van der Waals surface area contributed by atoms with Crippen LogP contribution in [-0.2, 0) is 0 Å². The van der Waals surface area contributed by atoms with E-state index in [1.165, 1.54) is 12.1 Å². The third-order valence-corrected chi connectivity index (χ3v) is 4.29. The van der Waals surface area contributed by atoms with E-state index in [4.69, 9.17) is 9.72 Å². The van der Waals surface area contributed by atoms with Crippen LogP contribution in [0.4, 0.5) is 5.69 Å². The monoisotopic (exact) mass is 307 g/mol. The van der Waals surface area contributed by atoms with Gasteiger partial charge in [-0.3, -0.25) is 0 Å². The number of benzene rings is 1. The SMILES string of the molecule is CCCOc1ccc(-c2cn3ccc(N4CCC4)cc3n2)cc1. The van der Waals surface area contributed by atoms with E-state index < -0.39 is 0 Å². The van der Waals surface area contributed by atoms with Crippen molar-refractivity contribution < 1.29 is 4.74 Å². The van der Waals surface area contributed by atoms with Gasteiger partial charge in [0.05, 0.1) is 12.3 Å². The van der Waals surface area contributed by atoms with Crippen LogP contribution in [0.2, 0.25) is 0 Å². The molecule has 4 heteroatoms. The molecule has 2 aromatic heterocycles. The Kier molecular flexibility index (Phi) is 3.66. The predicted molar refractivity (Wildman–Crippen MR) is 93.2 cm³/mol. The van der Waals surface area contributed by atoms with Crippen molar-refractivity contribution >= 4 is 11.3 Å². The minimum atomic E-state index is 0.757. The summed E-state index contributed by atoms with van der Waals surface area (Å²) in [6.45, 7) is 5.18. The molecule has 0 unspecified atom stereocenters. The van der Waals surface area contributed by atoms with Gasteiger partial charge in [0.15, 0.2) is 0 Å². The van der Waals surface area contributed by atoms with Crippen LogP contribution in [0.15, 0.2) is 48.8 Å². The summed E-state index contributed by atoms with van der Waals surface area (Å²) in [6, 6.07) is 12.5. The highest BCUT2D eigenvalue weighted by Gasteiger charge is 2.15. The van der Waals surface area contributed by atoms with Gasteiger partial charge in [-0.1, -0.05) is 6.92 Å². The highest BCUT2D eigenvalue weighted by atomic mass is 16.5. The number of pyridine rings is 1. The first kappa shape index (κ1) is 14.1. The highest BCUT2D eigenvalue weighted by Crippen LogP contribution is 2.25. The van der Waals surface area contributed by atoms with Gasteiger partial charge in [-0.25, -0.2) is 4.98 Å². The summed E-state index contributed by atoms with van der Waals surface area (Å²) in [7, 11) is 0. The van der Waals surface area contributed by atoms with Gasteiger partial charge in [-0.2, -0.15) is 0 Å². The Morgan fingerprint density at radius 2 is 1.96 bits per heavy atom. The summed E-state index contributed by atoms with van der Waals surface area (Å²) in [5.74, 6) is 0.916. The predicted octanol–water partition coefficient (Wildman–Crippen LogP) is 4.00. The van der Waals surface area contributed by atoms with E-state index >= 15 is 0 Å². The van der Waals surface area contributed by atoms with E-state index in [-0.39, 0.29) is 0 Å². The number of hydrogen-bond acceptors (Lipinski definition) is 3. The second-order valence-corrected chi connectivity index (χ2v) is 5.99. The van der Waals surface area contributed by atoms with Crippen molar-refractivity contribution in [2.75, 3.05) is 24.6 Å². The molecule has 118 valence electrons. The molecule has 1 aliphatic heterocycles. The zero-order valence-corrected chi connectivity index (χ0v) is 13.4. The molecule has 0 N–H and O–H groups in total. The molecule has 0 aliphatic carbocycles. The maximum Gasteiger partial charge on any atom is 0.139 e. The Hall–Kier alpha value is -2.49. The van der Waals surface area contributed by atoms with Gasteiger partial charge < -0.3 is 14.0 Å². The molecule has 0 atom stereocenters. The van der Waals surface area contributed by atoms with E-state index in [2.05, 4.69) is 52.9 Å². The van der Waals surface area contributed by atoms with Gasteiger partial charge >= 0.3 is 0 Å². The molecule has 0 radical (unpaired) electrons. The fourth-order valence-electron chi connectivity index (χ4n) is 2.82. The molecule has 23 heavy (non-hydrogen) atoms. The van der Waals surface area contributed by atoms with Gasteiger partial charge in [-0.15, -0.1) is 0 Å². The molecule has 4 nitrogen and oxygen atoms in total. The van der Waals surface area contributed by atoms with Crippen LogP contribution < -0.4 is 9.64 Å². The number of ether oxygens (including phenoxy) is 1. The first-order chi connectivity index (χ1) is 11.3. The lowest BCUT2D eigenvalue weighted by atomic mass is 10.2. The molecular weight excluding hydrogens is 286 g/mol. The van der Waals surface area contributed by atoms with Crippen molar-refractivity contribution in [3.8, 4) is 17.0 Å². The summed E-state index contributed by atoms with van der Waals surface area (Å²) < 4.78 is 7.72. The number of anilines is 1. The van der Waals surface area contributed by atoms with Crippen LogP contribution in [0.1, 0.15) is 19.8 Å². The van der Waals surface area contributed by atoms with Crippen molar-refractivity contribution in [2.45, 2.75) is 19.8 Å². The second-order valence-electron chi connectivity index (χ2n) is 5.99. The molecule has 3 aromatic rings. The highest BCUT2D eigenvalue weighted by molar-refractivity contribution is 5.66. The summed E-state index contributed by atoms with van der Waals surface area (Å²) in [4.78, 5) is 7.15. The Morgan fingerprint density at radius 1 is 1.13 bits per heavy atom. The van der Waals surface area contributed by atoms with E-state index in [1.54, 1.807) is 0 Å². The maximum atomic E-state index is 5.63. The molecule has 4 rings (SSSR count). The smallest absolute Gasteiger partial charge is 0.139 e. The van der Waals surface area contributed by atoms with E-state index in [0.29, 0.717) is 0 Å². The average Bonchev–Trinajstić information content (AvgIpc) is 2.95. The molecule has 0 bridgehead atoms. The largest absolute Gasteiger partial charge is 0.494 e. The third kappa shape index (κ3) is 2.77. The van der Waals surface area contributed by atoms with Crippen LogP contribution in [0.25, 0.3) is 16.9 Å². The lowest BCUT2D eigenvalue weighted by Crippen LogP contribution is -2.36. The number of rotatable bonds is 5. The summed E-state index contributed by atoms with van der Waals surface area (Å²) in [5.41, 5.74) is 4.37. The van der Waals surface area contributed by atoms with Crippen LogP contribution in [-0.4, -0.2) is 29.1 Å². The maximum absolute atomic E-state index is 5.63. The quantitative estimate of drug-likeness (QED) is 0.713. The molecule has 0 spiro atoms. The summed E-state index contributed by atoms with van der Waals surface area (Å²) in [6.07, 6.45) is 6.49. The Morgan fingerprint density at radius 3 is 2.65 bits per heavy atom. The minimum absolute atomic E-state index is 0.757. The number of fused-ring (bicyclic) bond motifs is 1. The van der Waals surface area contributed by atoms with Crippen LogP contribution >= 0.6 is 0 Å². The zero-order chi connectivity index (χ0) is 15.6. The number of imidazole rings is 1. The van der Waals surface area contributed by atoms with Gasteiger partial charge in [0.1, 0.15) is 11.4 Å². The third-order valence-electron chi connectivity index (χ3n) is 4.29. The first-order valence-electron chi connectivity index (χ1n) is 8.30. The zero-order valence-electron chi connectivity index (χ0n) is 13.4. The van der Waals surface area contributed by atoms with Crippen LogP contribution in [0.5, 0.6) is 5.75 Å².